The number of amides is 2. The number of hydrogen-bond donors (Lipinski definition) is 1. The Kier molecular flexibility index (Phi) is 3.75. The molecule has 2 aliphatic heterocycles. The highest BCUT2D eigenvalue weighted by atomic mass is 32.2. The molecular formula is C13H20N2O4S. The van der Waals surface area contributed by atoms with Crippen molar-refractivity contribution < 1.29 is 19.5 Å². The zero-order valence-electron chi connectivity index (χ0n) is 12.0. The van der Waals surface area contributed by atoms with Gasteiger partial charge in [0.25, 0.3) is 0 Å². The Morgan fingerprint density at radius 3 is 2.45 bits per heavy atom. The summed E-state index contributed by atoms with van der Waals surface area (Å²) in [5, 5.41) is 9.42. The van der Waals surface area contributed by atoms with Crippen LogP contribution in [0, 0.1) is 5.41 Å². The van der Waals surface area contributed by atoms with Crippen LogP contribution in [0.15, 0.2) is 0 Å². The summed E-state index contributed by atoms with van der Waals surface area (Å²) >= 11 is 1.64. The minimum absolute atomic E-state index is 0.0250. The average molecular weight is 300 g/mol. The normalized spacial score (nSPS) is 27.2. The van der Waals surface area contributed by atoms with E-state index < -0.39 is 17.0 Å². The van der Waals surface area contributed by atoms with Crippen LogP contribution in [-0.4, -0.2) is 62.9 Å². The number of ketones is 1. The van der Waals surface area contributed by atoms with Crippen LogP contribution in [-0.2, 0) is 9.59 Å². The van der Waals surface area contributed by atoms with E-state index >= 15 is 0 Å². The van der Waals surface area contributed by atoms with Crippen molar-refractivity contribution >= 4 is 29.5 Å². The van der Waals surface area contributed by atoms with Gasteiger partial charge >= 0.3 is 6.09 Å². The molecule has 20 heavy (non-hydrogen) atoms. The second-order valence-electron chi connectivity index (χ2n) is 6.30. The number of nitrogens with zero attached hydrogens (tertiary/aromatic N) is 2. The lowest BCUT2D eigenvalue weighted by Crippen LogP contribution is -2.64. The smallest absolute Gasteiger partial charge is 0.408 e. The van der Waals surface area contributed by atoms with Gasteiger partial charge in [0, 0.05) is 18.7 Å². The molecule has 0 aromatic carbocycles. The second-order valence-corrected chi connectivity index (χ2v) is 7.38. The first kappa shape index (κ1) is 15.2. The molecule has 0 aromatic rings. The summed E-state index contributed by atoms with van der Waals surface area (Å²) in [5.41, 5.74) is -1.91. The van der Waals surface area contributed by atoms with Crippen molar-refractivity contribution in [3.05, 3.63) is 0 Å². The van der Waals surface area contributed by atoms with Gasteiger partial charge < -0.3 is 10.0 Å². The Balaban J connectivity index is 2.47. The van der Waals surface area contributed by atoms with Crippen molar-refractivity contribution in [2.75, 3.05) is 24.7 Å². The van der Waals surface area contributed by atoms with E-state index in [9.17, 15) is 19.5 Å². The number of Topliss-reactive ketones (excluding diaryl/α,β-unsaturated/α-hetero) is 1. The van der Waals surface area contributed by atoms with Gasteiger partial charge in [-0.05, 0) is 5.41 Å². The fourth-order valence-electron chi connectivity index (χ4n) is 3.00. The average Bonchev–Trinajstić information content (AvgIpc) is 2.93. The minimum Gasteiger partial charge on any atom is -0.465 e. The second kappa shape index (κ2) is 4.95. The van der Waals surface area contributed by atoms with Crippen LogP contribution in [0.25, 0.3) is 0 Å². The Morgan fingerprint density at radius 2 is 2.00 bits per heavy atom. The fraction of sp³-hybridized carbons (Fsp3) is 0.769. The van der Waals surface area contributed by atoms with Crippen LogP contribution in [0.2, 0.25) is 0 Å². The van der Waals surface area contributed by atoms with Crippen molar-refractivity contribution in [2.24, 2.45) is 5.41 Å². The van der Waals surface area contributed by atoms with Crippen LogP contribution in [0.4, 0.5) is 4.79 Å². The number of carbonyl (C=O) groups is 3. The van der Waals surface area contributed by atoms with Gasteiger partial charge in [-0.2, -0.15) is 0 Å². The maximum absolute atomic E-state index is 12.9. The molecule has 0 saturated carbocycles. The van der Waals surface area contributed by atoms with E-state index in [1.165, 1.54) is 0 Å². The van der Waals surface area contributed by atoms with Crippen molar-refractivity contribution in [1.82, 2.24) is 9.80 Å². The van der Waals surface area contributed by atoms with Crippen LogP contribution < -0.4 is 0 Å². The van der Waals surface area contributed by atoms with Gasteiger partial charge in [-0.15, -0.1) is 11.8 Å². The molecule has 0 radical (unpaired) electrons. The molecule has 0 spiro atoms. The predicted molar refractivity (Wildman–Crippen MR) is 75.6 cm³/mol. The molecule has 1 N–H and O–H groups in total. The number of hydrogen-bond acceptors (Lipinski definition) is 4. The summed E-state index contributed by atoms with van der Waals surface area (Å²) < 4.78 is 0. The Hall–Kier alpha value is -1.24. The zero-order valence-corrected chi connectivity index (χ0v) is 12.8. The fourth-order valence-corrected chi connectivity index (χ4v) is 3.94. The predicted octanol–water partition coefficient (Wildman–Crippen LogP) is 1.26. The van der Waals surface area contributed by atoms with Gasteiger partial charge in [0.05, 0.1) is 12.4 Å². The lowest BCUT2D eigenvalue weighted by Gasteiger charge is -2.46. The van der Waals surface area contributed by atoms with E-state index in [1.54, 1.807) is 16.7 Å². The monoisotopic (exact) mass is 300 g/mol. The number of carbonyl (C=O) groups excluding carboxylic acids is 2. The summed E-state index contributed by atoms with van der Waals surface area (Å²) in [6.07, 6.45) is -1.23. The highest BCUT2D eigenvalue weighted by Crippen LogP contribution is 2.44. The summed E-state index contributed by atoms with van der Waals surface area (Å²) in [6.45, 7) is 5.89. The SMILES string of the molecule is CC(C)(C)[C@]1(C(=O)N2CCSC2)CC(=O)CN1C(=O)O. The Morgan fingerprint density at radius 1 is 1.35 bits per heavy atom. The standard InChI is InChI=1S/C13H20N2O4S/c1-12(2,3)13(10(17)14-4-5-20-8-14)6-9(16)7-15(13)11(18)19/h4-8H2,1-3H3,(H,18,19)/t13-/m1/s1. The first-order valence-electron chi connectivity index (χ1n) is 6.59. The molecule has 2 saturated heterocycles. The van der Waals surface area contributed by atoms with E-state index in [4.69, 9.17) is 0 Å². The highest BCUT2D eigenvalue weighted by Gasteiger charge is 2.61. The number of likely N-dealkylation sites (tertiary alicyclic amines) is 1. The third-order valence-corrected chi connectivity index (χ3v) is 5.08. The molecule has 2 heterocycles. The van der Waals surface area contributed by atoms with Crippen LogP contribution >= 0.6 is 11.8 Å². The van der Waals surface area contributed by atoms with E-state index in [1.807, 2.05) is 20.8 Å². The van der Waals surface area contributed by atoms with Gasteiger partial charge in [0.1, 0.15) is 5.54 Å². The van der Waals surface area contributed by atoms with Gasteiger partial charge in [-0.3, -0.25) is 14.5 Å². The topological polar surface area (TPSA) is 77.9 Å². The van der Waals surface area contributed by atoms with E-state index in [-0.39, 0.29) is 24.7 Å². The molecule has 0 aliphatic carbocycles. The summed E-state index contributed by atoms with van der Waals surface area (Å²) in [6, 6.07) is 0. The largest absolute Gasteiger partial charge is 0.465 e. The maximum Gasteiger partial charge on any atom is 0.408 e. The van der Waals surface area contributed by atoms with Crippen molar-refractivity contribution in [3.63, 3.8) is 0 Å². The van der Waals surface area contributed by atoms with Crippen LogP contribution in [0.5, 0.6) is 0 Å². The maximum atomic E-state index is 12.9. The van der Waals surface area contributed by atoms with Crippen LogP contribution in [0.3, 0.4) is 0 Å². The third kappa shape index (κ3) is 2.17. The molecule has 7 heteroatoms. The lowest BCUT2D eigenvalue weighted by molar-refractivity contribution is -0.147. The Bertz CT molecular complexity index is 454. The van der Waals surface area contributed by atoms with Gasteiger partial charge in [0.2, 0.25) is 5.91 Å². The highest BCUT2D eigenvalue weighted by molar-refractivity contribution is 7.99. The van der Waals surface area contributed by atoms with E-state index in [0.717, 1.165) is 10.7 Å². The molecule has 0 aromatic heterocycles. The molecule has 0 bridgehead atoms. The van der Waals surface area contributed by atoms with Gasteiger partial charge in [-0.25, -0.2) is 4.79 Å². The van der Waals surface area contributed by atoms with Gasteiger partial charge in [0.15, 0.2) is 5.78 Å². The quantitative estimate of drug-likeness (QED) is 0.788. The molecule has 1 atom stereocenters. The molecule has 2 rings (SSSR count). The lowest BCUT2D eigenvalue weighted by atomic mass is 9.70. The van der Waals surface area contributed by atoms with Gasteiger partial charge in [-0.1, -0.05) is 20.8 Å². The molecule has 6 nitrogen and oxygen atoms in total. The summed E-state index contributed by atoms with van der Waals surface area (Å²) in [5.74, 6) is 0.997. The summed E-state index contributed by atoms with van der Waals surface area (Å²) in [4.78, 5) is 39.0. The first-order chi connectivity index (χ1) is 9.20. The molecule has 2 aliphatic rings. The van der Waals surface area contributed by atoms with E-state index in [2.05, 4.69) is 0 Å². The van der Waals surface area contributed by atoms with E-state index in [0.29, 0.717) is 12.4 Å². The zero-order chi connectivity index (χ0) is 15.1. The molecule has 2 amide bonds. The number of carboxylic acid groups (broad SMARTS) is 1. The van der Waals surface area contributed by atoms with Crippen molar-refractivity contribution in [3.8, 4) is 0 Å². The molecular weight excluding hydrogens is 280 g/mol. The molecule has 112 valence electrons. The van der Waals surface area contributed by atoms with Crippen LogP contribution in [0.1, 0.15) is 27.2 Å². The number of rotatable bonds is 1. The Labute approximate surface area is 122 Å². The number of thioether (sulfide) groups is 1. The molecule has 0 unspecified atom stereocenters. The van der Waals surface area contributed by atoms with Crippen molar-refractivity contribution in [1.29, 1.82) is 0 Å². The van der Waals surface area contributed by atoms with Crippen molar-refractivity contribution in [2.45, 2.75) is 32.7 Å². The molecule has 2 fully saturated rings. The third-order valence-electron chi connectivity index (χ3n) is 4.11. The summed E-state index contributed by atoms with van der Waals surface area (Å²) in [7, 11) is 0. The first-order valence-corrected chi connectivity index (χ1v) is 7.75. The minimum atomic E-state index is -1.28.